The first kappa shape index (κ1) is 13.1. The van der Waals surface area contributed by atoms with Gasteiger partial charge in [-0.05, 0) is 18.8 Å². The lowest BCUT2D eigenvalue weighted by Gasteiger charge is -2.16. The number of amides is 2. The highest BCUT2D eigenvalue weighted by molar-refractivity contribution is 5.77. The van der Waals surface area contributed by atoms with Crippen molar-refractivity contribution in [2.75, 3.05) is 13.2 Å². The summed E-state index contributed by atoms with van der Waals surface area (Å²) < 4.78 is 5.09. The second-order valence-corrected chi connectivity index (χ2v) is 5.10. The van der Waals surface area contributed by atoms with Crippen LogP contribution in [0.25, 0.3) is 0 Å². The zero-order chi connectivity index (χ0) is 13.1. The van der Waals surface area contributed by atoms with Gasteiger partial charge in [0, 0.05) is 6.04 Å². The van der Waals surface area contributed by atoms with Gasteiger partial charge in [0.1, 0.15) is 5.92 Å². The van der Waals surface area contributed by atoms with E-state index in [-0.39, 0.29) is 25.3 Å². The van der Waals surface area contributed by atoms with Crippen molar-refractivity contribution in [2.24, 2.45) is 11.8 Å². The molecule has 2 rings (SSSR count). The zero-order valence-electron chi connectivity index (χ0n) is 10.5. The van der Waals surface area contributed by atoms with Crippen LogP contribution in [0, 0.1) is 11.8 Å². The number of aliphatic carboxylic acids is 1. The molecule has 1 saturated carbocycles. The molecule has 4 unspecified atom stereocenters. The number of rotatable bonds is 5. The number of ether oxygens (including phenoxy) is 1. The summed E-state index contributed by atoms with van der Waals surface area (Å²) in [5.74, 6) is -0.967. The third kappa shape index (κ3) is 3.13. The van der Waals surface area contributed by atoms with E-state index in [9.17, 15) is 9.59 Å². The average molecular weight is 256 g/mol. The van der Waals surface area contributed by atoms with Crippen molar-refractivity contribution < 1.29 is 19.4 Å². The van der Waals surface area contributed by atoms with Crippen LogP contribution in [0.5, 0.6) is 0 Å². The molecule has 0 radical (unpaired) electrons. The molecule has 0 aromatic heterocycles. The summed E-state index contributed by atoms with van der Waals surface area (Å²) in [6.07, 6.45) is 3.29. The molecule has 1 aliphatic heterocycles. The van der Waals surface area contributed by atoms with Crippen molar-refractivity contribution in [1.82, 2.24) is 10.6 Å². The minimum atomic E-state index is -0.923. The Morgan fingerprint density at radius 1 is 1.28 bits per heavy atom. The fourth-order valence-corrected chi connectivity index (χ4v) is 2.43. The molecular weight excluding hydrogens is 236 g/mol. The molecule has 2 aliphatic rings. The molecule has 1 heterocycles. The molecule has 2 fully saturated rings. The lowest BCUT2D eigenvalue weighted by Crippen LogP contribution is -2.48. The van der Waals surface area contributed by atoms with Crippen LogP contribution in [0.15, 0.2) is 0 Å². The van der Waals surface area contributed by atoms with Crippen LogP contribution in [-0.2, 0) is 9.53 Å². The van der Waals surface area contributed by atoms with E-state index in [1.165, 1.54) is 0 Å². The molecule has 102 valence electrons. The van der Waals surface area contributed by atoms with E-state index < -0.39 is 17.9 Å². The summed E-state index contributed by atoms with van der Waals surface area (Å²) in [4.78, 5) is 22.6. The zero-order valence-corrected chi connectivity index (χ0v) is 10.5. The molecule has 6 heteroatoms. The maximum atomic E-state index is 11.7. The molecule has 6 nitrogen and oxygen atoms in total. The molecule has 0 spiro atoms. The summed E-state index contributed by atoms with van der Waals surface area (Å²) in [6.45, 7) is 2.57. The lowest BCUT2D eigenvalue weighted by molar-refractivity contribution is -0.142. The normalized spacial score (nSPS) is 34.1. The number of carbonyl (C=O) groups is 2. The van der Waals surface area contributed by atoms with Gasteiger partial charge in [0.2, 0.25) is 0 Å². The first-order chi connectivity index (χ1) is 8.61. The number of carboxylic acids is 1. The second kappa shape index (κ2) is 5.56. The Kier molecular flexibility index (Phi) is 4.06. The Hall–Kier alpha value is -1.30. The van der Waals surface area contributed by atoms with Crippen molar-refractivity contribution in [3.63, 3.8) is 0 Å². The molecule has 0 aromatic carbocycles. The van der Waals surface area contributed by atoms with Gasteiger partial charge < -0.3 is 20.5 Å². The van der Waals surface area contributed by atoms with Crippen LogP contribution in [-0.4, -0.2) is 42.4 Å². The highest BCUT2D eigenvalue weighted by Crippen LogP contribution is 2.34. The summed E-state index contributed by atoms with van der Waals surface area (Å²) in [7, 11) is 0. The van der Waals surface area contributed by atoms with Gasteiger partial charge >= 0.3 is 12.0 Å². The second-order valence-electron chi connectivity index (χ2n) is 5.10. The van der Waals surface area contributed by atoms with Crippen molar-refractivity contribution in [1.29, 1.82) is 0 Å². The number of hydrogen-bond acceptors (Lipinski definition) is 3. The maximum absolute atomic E-state index is 11.7. The average Bonchev–Trinajstić information content (AvgIpc) is 2.86. The van der Waals surface area contributed by atoms with E-state index in [0.29, 0.717) is 5.92 Å². The number of nitrogens with one attached hydrogen (secondary N) is 2. The highest BCUT2D eigenvalue weighted by Gasteiger charge is 2.39. The minimum Gasteiger partial charge on any atom is -0.481 e. The Balaban J connectivity index is 1.73. The predicted octanol–water partition coefficient (Wildman–Crippen LogP) is 0.574. The van der Waals surface area contributed by atoms with E-state index in [1.54, 1.807) is 0 Å². The van der Waals surface area contributed by atoms with Crippen LogP contribution in [0.3, 0.4) is 0 Å². The Bertz CT molecular complexity index is 334. The lowest BCUT2D eigenvalue weighted by atomic mass is 10.0. The Morgan fingerprint density at radius 3 is 2.67 bits per heavy atom. The molecule has 2 amide bonds. The predicted molar refractivity (Wildman–Crippen MR) is 64.2 cm³/mol. The van der Waals surface area contributed by atoms with Crippen LogP contribution in [0.1, 0.15) is 26.2 Å². The van der Waals surface area contributed by atoms with Gasteiger partial charge in [0.15, 0.2) is 0 Å². The van der Waals surface area contributed by atoms with E-state index in [1.807, 2.05) is 0 Å². The molecule has 1 aliphatic carbocycles. The number of carboxylic acid groups (broad SMARTS) is 1. The van der Waals surface area contributed by atoms with Gasteiger partial charge in [-0.3, -0.25) is 4.79 Å². The van der Waals surface area contributed by atoms with Crippen LogP contribution in [0.4, 0.5) is 4.79 Å². The summed E-state index contributed by atoms with van der Waals surface area (Å²) in [5, 5.41) is 14.5. The smallest absolute Gasteiger partial charge is 0.315 e. The van der Waals surface area contributed by atoms with Crippen molar-refractivity contribution in [3.05, 3.63) is 0 Å². The van der Waals surface area contributed by atoms with Gasteiger partial charge in [-0.15, -0.1) is 0 Å². The number of carbonyl (C=O) groups excluding carboxylic acids is 1. The van der Waals surface area contributed by atoms with E-state index in [2.05, 4.69) is 17.6 Å². The Morgan fingerprint density at radius 2 is 2.00 bits per heavy atom. The molecular formula is C12H20N2O4. The first-order valence-corrected chi connectivity index (χ1v) is 6.49. The highest BCUT2D eigenvalue weighted by atomic mass is 16.5. The van der Waals surface area contributed by atoms with Crippen molar-refractivity contribution >= 4 is 12.0 Å². The third-order valence-electron chi connectivity index (χ3n) is 3.61. The van der Waals surface area contributed by atoms with Crippen molar-refractivity contribution in [2.45, 2.75) is 38.3 Å². The largest absolute Gasteiger partial charge is 0.481 e. The summed E-state index contributed by atoms with van der Waals surface area (Å²) in [5.41, 5.74) is 0. The van der Waals surface area contributed by atoms with Gasteiger partial charge in [0.25, 0.3) is 0 Å². The fraction of sp³-hybridized carbons (Fsp3) is 0.833. The van der Waals surface area contributed by atoms with E-state index >= 15 is 0 Å². The van der Waals surface area contributed by atoms with E-state index in [4.69, 9.17) is 9.84 Å². The molecule has 18 heavy (non-hydrogen) atoms. The van der Waals surface area contributed by atoms with Gasteiger partial charge in [-0.25, -0.2) is 4.79 Å². The molecule has 4 atom stereocenters. The topological polar surface area (TPSA) is 87.7 Å². The Labute approximate surface area is 106 Å². The monoisotopic (exact) mass is 256 g/mol. The van der Waals surface area contributed by atoms with Gasteiger partial charge in [0.05, 0.1) is 19.3 Å². The van der Waals surface area contributed by atoms with Crippen molar-refractivity contribution in [3.8, 4) is 0 Å². The van der Waals surface area contributed by atoms with Gasteiger partial charge in [-0.2, -0.15) is 0 Å². The molecule has 1 saturated heterocycles. The number of hydrogen-bond donors (Lipinski definition) is 3. The summed E-state index contributed by atoms with van der Waals surface area (Å²) >= 11 is 0. The molecule has 3 N–H and O–H groups in total. The van der Waals surface area contributed by atoms with Crippen LogP contribution < -0.4 is 10.6 Å². The first-order valence-electron chi connectivity index (χ1n) is 6.49. The summed E-state index contributed by atoms with van der Waals surface area (Å²) in [6, 6.07) is -0.443. The molecule has 0 bridgehead atoms. The van der Waals surface area contributed by atoms with Crippen LogP contribution >= 0.6 is 0 Å². The minimum absolute atomic E-state index is 0.169. The van der Waals surface area contributed by atoms with E-state index in [0.717, 1.165) is 19.3 Å². The third-order valence-corrected chi connectivity index (χ3v) is 3.61. The standard InChI is InChI=1S/C12H20N2O4/c1-2-3-7-4-9(7)13-12(17)14-10-6-18-5-8(10)11(15)16/h7-10H,2-6H2,1H3,(H,15,16)(H2,13,14,17). The fourth-order valence-electron chi connectivity index (χ4n) is 2.43. The van der Waals surface area contributed by atoms with Gasteiger partial charge in [-0.1, -0.05) is 13.3 Å². The molecule has 0 aromatic rings. The number of urea groups is 1. The SMILES string of the molecule is CCCC1CC1NC(=O)NC1COCC1C(=O)O. The quantitative estimate of drug-likeness (QED) is 0.671. The maximum Gasteiger partial charge on any atom is 0.315 e. The van der Waals surface area contributed by atoms with Crippen LogP contribution in [0.2, 0.25) is 0 Å².